The van der Waals surface area contributed by atoms with E-state index in [4.69, 9.17) is 4.42 Å². The van der Waals surface area contributed by atoms with Gasteiger partial charge in [-0.05, 0) is 39.8 Å². The lowest BCUT2D eigenvalue weighted by Crippen LogP contribution is -2.26. The Balaban J connectivity index is 1.83. The molecule has 6 nitrogen and oxygen atoms in total. The van der Waals surface area contributed by atoms with Gasteiger partial charge in [0.2, 0.25) is 11.7 Å². The molecule has 2 aromatic heterocycles. The number of carbonyl (C=O) groups excluding carboxylic acids is 1. The van der Waals surface area contributed by atoms with Gasteiger partial charge in [0.1, 0.15) is 5.82 Å². The molecule has 1 aromatic carbocycles. The molecular formula is C18H20N4O2. The van der Waals surface area contributed by atoms with Crippen LogP contribution in [0.15, 0.2) is 47.0 Å². The third-order valence-corrected chi connectivity index (χ3v) is 3.46. The maximum Gasteiger partial charge on any atom is 0.294 e. The number of nitrogens with one attached hydrogen (secondary N) is 1. The van der Waals surface area contributed by atoms with Crippen LogP contribution in [-0.4, -0.2) is 20.7 Å². The minimum absolute atomic E-state index is 0.160. The zero-order valence-electron chi connectivity index (χ0n) is 14.2. The monoisotopic (exact) mass is 324 g/mol. The molecule has 3 aromatic rings. The number of oxazole rings is 1. The number of amides is 1. The van der Waals surface area contributed by atoms with Gasteiger partial charge < -0.3 is 9.73 Å². The predicted octanol–water partition coefficient (Wildman–Crippen LogP) is 3.85. The fraction of sp³-hybridized carbons (Fsp3) is 0.278. The molecule has 0 radical (unpaired) electrons. The number of hydrogen-bond acceptors (Lipinski definition) is 4. The first-order valence-corrected chi connectivity index (χ1v) is 7.74. The fourth-order valence-electron chi connectivity index (χ4n) is 2.37. The van der Waals surface area contributed by atoms with Crippen LogP contribution in [0.5, 0.6) is 0 Å². The maximum absolute atomic E-state index is 12.5. The van der Waals surface area contributed by atoms with Crippen molar-refractivity contribution in [1.82, 2.24) is 14.8 Å². The quantitative estimate of drug-likeness (QED) is 0.794. The van der Waals surface area contributed by atoms with Gasteiger partial charge in [-0.3, -0.25) is 4.79 Å². The summed E-state index contributed by atoms with van der Waals surface area (Å²) in [6, 6.07) is 11.3. The van der Waals surface area contributed by atoms with E-state index in [-0.39, 0.29) is 17.2 Å². The smallest absolute Gasteiger partial charge is 0.294 e. The molecule has 1 amide bonds. The molecule has 0 fully saturated rings. The molecule has 124 valence electrons. The Hall–Kier alpha value is -2.89. The van der Waals surface area contributed by atoms with E-state index in [1.54, 1.807) is 4.68 Å². The second-order valence-electron chi connectivity index (χ2n) is 6.60. The molecule has 0 aliphatic rings. The molecule has 3 rings (SSSR count). The summed E-state index contributed by atoms with van der Waals surface area (Å²) >= 11 is 0. The highest BCUT2D eigenvalue weighted by atomic mass is 16.4. The first-order chi connectivity index (χ1) is 11.3. The molecule has 0 saturated heterocycles. The Morgan fingerprint density at radius 3 is 2.58 bits per heavy atom. The van der Waals surface area contributed by atoms with Crippen molar-refractivity contribution in [3.8, 4) is 11.5 Å². The Morgan fingerprint density at radius 1 is 1.21 bits per heavy atom. The predicted molar refractivity (Wildman–Crippen MR) is 91.9 cm³/mol. The van der Waals surface area contributed by atoms with Crippen molar-refractivity contribution >= 4 is 11.7 Å². The zero-order chi connectivity index (χ0) is 17.3. The first-order valence-electron chi connectivity index (χ1n) is 7.74. The normalized spacial score (nSPS) is 11.5. The highest BCUT2D eigenvalue weighted by molar-refractivity contribution is 6.01. The minimum Gasteiger partial charge on any atom is -0.431 e. The molecule has 24 heavy (non-hydrogen) atoms. The van der Waals surface area contributed by atoms with Gasteiger partial charge in [0.05, 0.1) is 17.4 Å². The third kappa shape index (κ3) is 3.22. The summed E-state index contributed by atoms with van der Waals surface area (Å²) in [4.78, 5) is 16.6. The molecule has 0 bridgehead atoms. The summed E-state index contributed by atoms with van der Waals surface area (Å²) in [5.74, 6) is 0.854. The van der Waals surface area contributed by atoms with Crippen LogP contribution < -0.4 is 5.32 Å². The average Bonchev–Trinajstić information content (AvgIpc) is 3.14. The summed E-state index contributed by atoms with van der Waals surface area (Å²) in [7, 11) is 0. The number of aryl methyl sites for hydroxylation is 1. The first kappa shape index (κ1) is 16.0. The van der Waals surface area contributed by atoms with Crippen molar-refractivity contribution in [3.63, 3.8) is 0 Å². The number of nitrogens with zero attached hydrogens (tertiary/aromatic N) is 3. The van der Waals surface area contributed by atoms with Gasteiger partial charge in [-0.1, -0.05) is 18.2 Å². The fourth-order valence-corrected chi connectivity index (χ4v) is 2.37. The molecule has 0 atom stereocenters. The second kappa shape index (κ2) is 5.96. The van der Waals surface area contributed by atoms with Crippen molar-refractivity contribution in [2.45, 2.75) is 33.2 Å². The lowest BCUT2D eigenvalue weighted by atomic mass is 10.1. The van der Waals surface area contributed by atoms with Crippen LogP contribution in [0.25, 0.3) is 11.5 Å². The van der Waals surface area contributed by atoms with Gasteiger partial charge in [-0.25, -0.2) is 9.67 Å². The summed E-state index contributed by atoms with van der Waals surface area (Å²) in [6.45, 7) is 7.96. The van der Waals surface area contributed by atoms with E-state index in [9.17, 15) is 4.79 Å². The van der Waals surface area contributed by atoms with Crippen LogP contribution in [0.4, 0.5) is 5.82 Å². The molecule has 0 aliphatic carbocycles. The molecule has 6 heteroatoms. The van der Waals surface area contributed by atoms with E-state index in [2.05, 4.69) is 15.4 Å². The van der Waals surface area contributed by atoms with E-state index >= 15 is 0 Å². The second-order valence-corrected chi connectivity index (χ2v) is 6.60. The van der Waals surface area contributed by atoms with Crippen molar-refractivity contribution in [2.75, 3.05) is 5.32 Å². The number of hydrogen-bond donors (Lipinski definition) is 1. The molecule has 2 heterocycles. The molecule has 0 unspecified atom stereocenters. The summed E-state index contributed by atoms with van der Waals surface area (Å²) < 4.78 is 7.37. The van der Waals surface area contributed by atoms with Gasteiger partial charge in [0.15, 0.2) is 0 Å². The van der Waals surface area contributed by atoms with Crippen molar-refractivity contribution in [2.24, 2.45) is 0 Å². The van der Waals surface area contributed by atoms with Crippen LogP contribution in [0.3, 0.4) is 0 Å². The number of benzene rings is 1. The lowest BCUT2D eigenvalue weighted by Gasteiger charge is -2.22. The summed E-state index contributed by atoms with van der Waals surface area (Å²) in [5, 5.41) is 7.28. The van der Waals surface area contributed by atoms with Crippen molar-refractivity contribution in [3.05, 3.63) is 54.0 Å². The summed E-state index contributed by atoms with van der Waals surface area (Å²) in [5.41, 5.74) is 1.42. The van der Waals surface area contributed by atoms with E-state index in [1.807, 2.05) is 64.1 Å². The average molecular weight is 324 g/mol. The highest BCUT2D eigenvalue weighted by Crippen LogP contribution is 2.23. The Bertz CT molecular complexity index is 857. The largest absolute Gasteiger partial charge is 0.431 e. The lowest BCUT2D eigenvalue weighted by molar-refractivity contribution is 0.0996. The van der Waals surface area contributed by atoms with Crippen LogP contribution in [0, 0.1) is 6.92 Å². The summed E-state index contributed by atoms with van der Waals surface area (Å²) in [6.07, 6.45) is 1.43. The number of carbonyl (C=O) groups is 1. The standard InChI is InChI=1S/C18H20N4O2/c1-12-10-15(22(21-12)18(2,3)4)20-16(23)14-11-19-17(24-14)13-8-6-5-7-9-13/h5-11H,1-4H3,(H,20,23). The van der Waals surface area contributed by atoms with Crippen molar-refractivity contribution < 1.29 is 9.21 Å². The maximum atomic E-state index is 12.5. The van der Waals surface area contributed by atoms with Crippen LogP contribution in [-0.2, 0) is 5.54 Å². The topological polar surface area (TPSA) is 73.0 Å². The van der Waals surface area contributed by atoms with Crippen LogP contribution in [0.2, 0.25) is 0 Å². The van der Waals surface area contributed by atoms with Crippen LogP contribution in [0.1, 0.15) is 37.0 Å². The number of anilines is 1. The molecule has 0 aliphatic heterocycles. The highest BCUT2D eigenvalue weighted by Gasteiger charge is 2.21. The number of aromatic nitrogens is 3. The van der Waals surface area contributed by atoms with E-state index < -0.39 is 0 Å². The zero-order valence-corrected chi connectivity index (χ0v) is 14.2. The number of rotatable bonds is 3. The third-order valence-electron chi connectivity index (χ3n) is 3.46. The Morgan fingerprint density at radius 2 is 1.92 bits per heavy atom. The van der Waals surface area contributed by atoms with Gasteiger partial charge >= 0.3 is 0 Å². The Kier molecular flexibility index (Phi) is 3.97. The Labute approximate surface area is 140 Å². The van der Waals surface area contributed by atoms with Gasteiger partial charge in [0, 0.05) is 11.6 Å². The van der Waals surface area contributed by atoms with E-state index in [0.717, 1.165) is 11.3 Å². The molecular weight excluding hydrogens is 304 g/mol. The SMILES string of the molecule is Cc1cc(NC(=O)c2cnc(-c3ccccc3)o2)n(C(C)(C)C)n1. The molecule has 0 spiro atoms. The van der Waals surface area contributed by atoms with Crippen molar-refractivity contribution in [1.29, 1.82) is 0 Å². The molecule has 1 N–H and O–H groups in total. The van der Waals surface area contributed by atoms with Gasteiger partial charge in [-0.2, -0.15) is 5.10 Å². The van der Waals surface area contributed by atoms with Gasteiger partial charge in [-0.15, -0.1) is 0 Å². The van der Waals surface area contributed by atoms with E-state index in [0.29, 0.717) is 11.7 Å². The van der Waals surface area contributed by atoms with E-state index in [1.165, 1.54) is 6.20 Å². The minimum atomic E-state index is -0.352. The molecule has 0 saturated carbocycles. The van der Waals surface area contributed by atoms with Crippen LogP contribution >= 0.6 is 0 Å². The van der Waals surface area contributed by atoms with Gasteiger partial charge in [0.25, 0.3) is 5.91 Å².